The lowest BCUT2D eigenvalue weighted by Crippen LogP contribution is -2.12. The Morgan fingerprint density at radius 3 is 2.46 bits per heavy atom. The highest BCUT2D eigenvalue weighted by Gasteiger charge is 2.22. The summed E-state index contributed by atoms with van der Waals surface area (Å²) in [5.74, 6) is -0.742. The summed E-state index contributed by atoms with van der Waals surface area (Å²) in [6, 6.07) is 17.4. The van der Waals surface area contributed by atoms with Crippen molar-refractivity contribution < 1.29 is 14.3 Å². The van der Waals surface area contributed by atoms with Gasteiger partial charge in [0.25, 0.3) is 0 Å². The van der Waals surface area contributed by atoms with Crippen molar-refractivity contribution in [3.05, 3.63) is 82.7 Å². The van der Waals surface area contributed by atoms with Crippen molar-refractivity contribution in [1.29, 1.82) is 0 Å². The molecule has 0 saturated heterocycles. The fourth-order valence-corrected chi connectivity index (χ4v) is 3.65. The Balaban J connectivity index is 1.88. The minimum absolute atomic E-state index is 0.267. The van der Waals surface area contributed by atoms with Crippen molar-refractivity contribution in [3.8, 4) is 11.1 Å². The first-order chi connectivity index (χ1) is 13.6. The molecule has 0 aliphatic heterocycles. The number of nitrogens with one attached hydrogen (secondary N) is 1. The fourth-order valence-electron chi connectivity index (χ4n) is 2.69. The minimum Gasteiger partial charge on any atom is -0.462 e. The third kappa shape index (κ3) is 4.75. The van der Waals surface area contributed by atoms with Gasteiger partial charge in [-0.05, 0) is 31.1 Å². The summed E-state index contributed by atoms with van der Waals surface area (Å²) in [5.41, 5.74) is 4.11. The molecule has 28 heavy (non-hydrogen) atoms. The summed E-state index contributed by atoms with van der Waals surface area (Å²) >= 11 is 1.31. The van der Waals surface area contributed by atoms with Crippen LogP contribution in [0.5, 0.6) is 0 Å². The predicted molar refractivity (Wildman–Crippen MR) is 115 cm³/mol. The summed E-state index contributed by atoms with van der Waals surface area (Å²) < 4.78 is 5.22. The molecule has 0 spiro atoms. The van der Waals surface area contributed by atoms with E-state index in [1.165, 1.54) is 17.4 Å². The number of thiophene rings is 1. The highest BCUT2D eigenvalue weighted by molar-refractivity contribution is 7.15. The molecule has 4 nitrogen and oxygen atoms in total. The van der Waals surface area contributed by atoms with Crippen LogP contribution >= 0.6 is 11.3 Å². The van der Waals surface area contributed by atoms with E-state index in [4.69, 9.17) is 4.74 Å². The molecule has 0 fully saturated rings. The van der Waals surface area contributed by atoms with Crippen molar-refractivity contribution in [3.63, 3.8) is 0 Å². The van der Waals surface area contributed by atoms with Gasteiger partial charge in [-0.1, -0.05) is 60.2 Å². The molecule has 0 unspecified atom stereocenters. The highest BCUT2D eigenvalue weighted by atomic mass is 32.1. The summed E-state index contributed by atoms with van der Waals surface area (Å²) in [7, 11) is 0. The molecule has 5 heteroatoms. The Kier molecular flexibility index (Phi) is 6.40. The van der Waals surface area contributed by atoms with E-state index in [2.05, 4.69) is 5.32 Å². The normalized spacial score (nSPS) is 10.8. The summed E-state index contributed by atoms with van der Waals surface area (Å²) in [6.45, 7) is 4.04. The fraction of sp³-hybridized carbons (Fsp3) is 0.130. The zero-order valence-corrected chi connectivity index (χ0v) is 16.6. The van der Waals surface area contributed by atoms with Crippen LogP contribution in [0.4, 0.5) is 5.00 Å². The number of ether oxygens (including phenoxy) is 1. The van der Waals surface area contributed by atoms with Gasteiger partial charge in [0.05, 0.1) is 6.61 Å². The van der Waals surface area contributed by atoms with E-state index in [0.717, 1.165) is 22.3 Å². The SMILES string of the molecule is CCOC(=O)c1c(-c2ccc(C)cc2)csc1NC(=O)/C=C/c1ccccc1. The molecular formula is C23H21NO3S. The van der Waals surface area contributed by atoms with Gasteiger partial charge < -0.3 is 10.1 Å². The molecule has 3 rings (SSSR count). The maximum absolute atomic E-state index is 12.6. The van der Waals surface area contributed by atoms with Crippen LogP contribution in [0.15, 0.2) is 66.1 Å². The van der Waals surface area contributed by atoms with Gasteiger partial charge in [0.15, 0.2) is 0 Å². The zero-order chi connectivity index (χ0) is 19.9. The highest BCUT2D eigenvalue weighted by Crippen LogP contribution is 2.36. The van der Waals surface area contributed by atoms with Gasteiger partial charge in [0.1, 0.15) is 10.6 Å². The van der Waals surface area contributed by atoms with Crippen LogP contribution in [0.3, 0.4) is 0 Å². The lowest BCUT2D eigenvalue weighted by atomic mass is 10.0. The number of esters is 1. The first-order valence-electron chi connectivity index (χ1n) is 8.98. The Morgan fingerprint density at radius 1 is 1.07 bits per heavy atom. The minimum atomic E-state index is -0.443. The molecule has 0 atom stereocenters. The van der Waals surface area contributed by atoms with Crippen LogP contribution in [0.1, 0.15) is 28.4 Å². The summed E-state index contributed by atoms with van der Waals surface area (Å²) in [4.78, 5) is 24.9. The van der Waals surface area contributed by atoms with Crippen LogP contribution in [0, 0.1) is 6.92 Å². The van der Waals surface area contributed by atoms with Gasteiger partial charge in [-0.3, -0.25) is 4.79 Å². The monoisotopic (exact) mass is 391 g/mol. The Bertz CT molecular complexity index is 988. The first kappa shape index (κ1) is 19.6. The van der Waals surface area contributed by atoms with Crippen LogP contribution in [-0.4, -0.2) is 18.5 Å². The molecule has 0 radical (unpaired) electrons. The van der Waals surface area contributed by atoms with Gasteiger partial charge in [0, 0.05) is 17.0 Å². The molecule has 0 aliphatic rings. The second kappa shape index (κ2) is 9.15. The molecule has 1 heterocycles. The van der Waals surface area contributed by atoms with E-state index in [-0.39, 0.29) is 12.5 Å². The van der Waals surface area contributed by atoms with E-state index in [1.807, 2.05) is 66.9 Å². The lowest BCUT2D eigenvalue weighted by Gasteiger charge is -2.08. The van der Waals surface area contributed by atoms with E-state index in [9.17, 15) is 9.59 Å². The number of aryl methyl sites for hydroxylation is 1. The van der Waals surface area contributed by atoms with Gasteiger partial charge in [-0.25, -0.2) is 4.79 Å². The molecule has 0 bridgehead atoms. The number of carbonyl (C=O) groups is 2. The van der Waals surface area contributed by atoms with Crippen molar-refractivity contribution in [2.75, 3.05) is 11.9 Å². The Labute approximate surface area is 168 Å². The molecule has 1 aromatic heterocycles. The van der Waals surface area contributed by atoms with Gasteiger partial charge in [0.2, 0.25) is 5.91 Å². The average molecular weight is 391 g/mol. The van der Waals surface area contributed by atoms with Gasteiger partial charge >= 0.3 is 5.97 Å². The number of anilines is 1. The van der Waals surface area contributed by atoms with Crippen molar-refractivity contribution in [2.24, 2.45) is 0 Å². The van der Waals surface area contributed by atoms with Crippen LogP contribution < -0.4 is 5.32 Å². The summed E-state index contributed by atoms with van der Waals surface area (Å²) in [6.07, 6.45) is 3.18. The maximum atomic E-state index is 12.6. The second-order valence-electron chi connectivity index (χ2n) is 6.17. The van der Waals surface area contributed by atoms with Crippen LogP contribution in [0.25, 0.3) is 17.2 Å². The van der Waals surface area contributed by atoms with E-state index in [0.29, 0.717) is 10.6 Å². The summed E-state index contributed by atoms with van der Waals surface area (Å²) in [5, 5.41) is 5.17. The number of hydrogen-bond acceptors (Lipinski definition) is 4. The zero-order valence-electron chi connectivity index (χ0n) is 15.8. The molecule has 0 aliphatic carbocycles. The molecule has 2 aromatic carbocycles. The van der Waals surface area contributed by atoms with Crippen molar-refractivity contribution in [2.45, 2.75) is 13.8 Å². The largest absolute Gasteiger partial charge is 0.462 e. The lowest BCUT2D eigenvalue weighted by molar-refractivity contribution is -0.111. The number of rotatable bonds is 6. The molecule has 1 N–H and O–H groups in total. The third-order valence-electron chi connectivity index (χ3n) is 4.10. The molecule has 3 aromatic rings. The third-order valence-corrected chi connectivity index (χ3v) is 4.99. The van der Waals surface area contributed by atoms with Gasteiger partial charge in [-0.15, -0.1) is 11.3 Å². The number of benzene rings is 2. The Hall–Kier alpha value is -3.18. The molecule has 1 amide bonds. The standard InChI is InChI=1S/C23H21NO3S/c1-3-27-23(26)21-19(18-12-9-16(2)10-13-18)15-28-22(21)24-20(25)14-11-17-7-5-4-6-8-17/h4-15H,3H2,1-2H3,(H,24,25)/b14-11+. The predicted octanol–water partition coefficient (Wildman–Crippen LogP) is 5.55. The number of amides is 1. The first-order valence-corrected chi connectivity index (χ1v) is 9.86. The average Bonchev–Trinajstić information content (AvgIpc) is 3.11. The molecule has 142 valence electrons. The van der Waals surface area contributed by atoms with Crippen molar-refractivity contribution >= 4 is 34.3 Å². The molecule has 0 saturated carbocycles. The van der Waals surface area contributed by atoms with Crippen LogP contribution in [-0.2, 0) is 9.53 Å². The van der Waals surface area contributed by atoms with Gasteiger partial charge in [-0.2, -0.15) is 0 Å². The van der Waals surface area contributed by atoms with E-state index in [1.54, 1.807) is 13.0 Å². The van der Waals surface area contributed by atoms with Crippen molar-refractivity contribution in [1.82, 2.24) is 0 Å². The van der Waals surface area contributed by atoms with E-state index >= 15 is 0 Å². The quantitative estimate of drug-likeness (QED) is 0.443. The second-order valence-corrected chi connectivity index (χ2v) is 7.05. The molecular weight excluding hydrogens is 370 g/mol. The number of carbonyl (C=O) groups excluding carboxylic acids is 2. The van der Waals surface area contributed by atoms with Crippen LogP contribution in [0.2, 0.25) is 0 Å². The smallest absolute Gasteiger partial charge is 0.341 e. The number of hydrogen-bond donors (Lipinski definition) is 1. The maximum Gasteiger partial charge on any atom is 0.341 e. The topological polar surface area (TPSA) is 55.4 Å². The van der Waals surface area contributed by atoms with E-state index < -0.39 is 5.97 Å². The Morgan fingerprint density at radius 2 is 1.79 bits per heavy atom.